The SMILES string of the molecule is O=CCOCCOCCNC(=O)CCCCCCCCCCCCCCCCCCC(=O)O. The molecule has 0 heterocycles. The topological polar surface area (TPSA) is 102 Å². The molecule has 0 aliphatic heterocycles. The van der Waals surface area contributed by atoms with Gasteiger partial charge in [-0.1, -0.05) is 89.9 Å². The molecule has 2 N–H and O–H groups in total. The summed E-state index contributed by atoms with van der Waals surface area (Å²) < 4.78 is 10.3. The Morgan fingerprint density at radius 2 is 1.03 bits per heavy atom. The molecule has 7 heteroatoms. The first-order valence-corrected chi connectivity index (χ1v) is 13.2. The molecule has 0 aliphatic rings. The van der Waals surface area contributed by atoms with Crippen LogP contribution in [0.5, 0.6) is 0 Å². The van der Waals surface area contributed by atoms with Crippen molar-refractivity contribution in [2.75, 3.05) is 33.0 Å². The summed E-state index contributed by atoms with van der Waals surface area (Å²) in [7, 11) is 0. The van der Waals surface area contributed by atoms with E-state index in [4.69, 9.17) is 14.6 Å². The highest BCUT2D eigenvalue weighted by Gasteiger charge is 2.01. The monoisotopic (exact) mass is 471 g/mol. The zero-order chi connectivity index (χ0) is 24.2. The molecule has 0 aromatic heterocycles. The van der Waals surface area contributed by atoms with Crippen LogP contribution in [0.1, 0.15) is 116 Å². The Hall–Kier alpha value is -1.47. The molecule has 0 fully saturated rings. The highest BCUT2D eigenvalue weighted by atomic mass is 16.5. The van der Waals surface area contributed by atoms with Crippen LogP contribution < -0.4 is 5.32 Å². The minimum absolute atomic E-state index is 0.0917. The van der Waals surface area contributed by atoms with Crippen LogP contribution in [0.4, 0.5) is 0 Å². The van der Waals surface area contributed by atoms with Gasteiger partial charge < -0.3 is 24.7 Å². The molecule has 0 aromatic carbocycles. The molecule has 0 atom stereocenters. The zero-order valence-corrected chi connectivity index (χ0v) is 20.8. The molecule has 7 nitrogen and oxygen atoms in total. The summed E-state index contributed by atoms with van der Waals surface area (Å²) in [6.45, 7) is 1.91. The van der Waals surface area contributed by atoms with Crippen molar-refractivity contribution in [3.05, 3.63) is 0 Å². The maximum atomic E-state index is 11.8. The molecular formula is C26H49NO6. The molecule has 0 saturated carbocycles. The number of aldehydes is 1. The second kappa shape index (κ2) is 26.8. The first kappa shape index (κ1) is 31.5. The van der Waals surface area contributed by atoms with Crippen LogP contribution in [0.15, 0.2) is 0 Å². The quantitative estimate of drug-likeness (QED) is 0.122. The summed E-state index contributed by atoms with van der Waals surface area (Å²) in [6, 6.07) is 0. The number of carboxylic acids is 1. The van der Waals surface area contributed by atoms with Crippen LogP contribution in [0, 0.1) is 0 Å². The Kier molecular flexibility index (Phi) is 25.6. The molecule has 0 rings (SSSR count). The summed E-state index contributed by atoms with van der Waals surface area (Å²) in [6.07, 6.45) is 21.0. The lowest BCUT2D eigenvalue weighted by Gasteiger charge is -2.06. The van der Waals surface area contributed by atoms with Crippen molar-refractivity contribution in [1.29, 1.82) is 0 Å². The minimum atomic E-state index is -0.676. The van der Waals surface area contributed by atoms with Crippen molar-refractivity contribution in [3.8, 4) is 0 Å². The third-order valence-electron chi connectivity index (χ3n) is 5.67. The predicted octanol–water partition coefficient (Wildman–Crippen LogP) is 5.44. The summed E-state index contributed by atoms with van der Waals surface area (Å²) in [4.78, 5) is 32.2. The molecule has 0 bridgehead atoms. The van der Waals surface area contributed by atoms with Crippen molar-refractivity contribution >= 4 is 18.2 Å². The lowest BCUT2D eigenvalue weighted by atomic mass is 10.0. The van der Waals surface area contributed by atoms with Gasteiger partial charge in [0.25, 0.3) is 0 Å². The van der Waals surface area contributed by atoms with Crippen molar-refractivity contribution < 1.29 is 29.0 Å². The number of unbranched alkanes of at least 4 members (excludes halogenated alkanes) is 15. The predicted molar refractivity (Wildman–Crippen MR) is 131 cm³/mol. The van der Waals surface area contributed by atoms with E-state index in [2.05, 4.69) is 5.32 Å². The summed E-state index contributed by atoms with van der Waals surface area (Å²) in [5, 5.41) is 11.5. The number of hydrogen-bond donors (Lipinski definition) is 2. The van der Waals surface area contributed by atoms with E-state index in [0.717, 1.165) is 25.7 Å². The number of hydrogen-bond acceptors (Lipinski definition) is 5. The minimum Gasteiger partial charge on any atom is -0.481 e. The number of ether oxygens (including phenoxy) is 2. The second-order valence-electron chi connectivity index (χ2n) is 8.75. The molecule has 0 radical (unpaired) electrons. The van der Waals surface area contributed by atoms with Gasteiger partial charge in [0.15, 0.2) is 0 Å². The molecule has 194 valence electrons. The van der Waals surface area contributed by atoms with Gasteiger partial charge in [-0.05, 0) is 12.8 Å². The van der Waals surface area contributed by atoms with Gasteiger partial charge in [0.05, 0.1) is 19.8 Å². The van der Waals surface area contributed by atoms with Gasteiger partial charge in [0.1, 0.15) is 12.9 Å². The number of carboxylic acid groups (broad SMARTS) is 1. The smallest absolute Gasteiger partial charge is 0.303 e. The highest BCUT2D eigenvalue weighted by molar-refractivity contribution is 5.75. The molecule has 0 saturated heterocycles. The normalized spacial score (nSPS) is 10.9. The van der Waals surface area contributed by atoms with Crippen LogP contribution >= 0.6 is 0 Å². The standard InChI is InChI=1S/C26H49NO6/c28-20-22-33-24-23-32-21-19-27-25(29)17-15-13-11-9-7-5-3-1-2-4-6-8-10-12-14-16-18-26(30)31/h20H,1-19,21-24H2,(H,27,29)(H,30,31). The largest absolute Gasteiger partial charge is 0.481 e. The van der Waals surface area contributed by atoms with Crippen LogP contribution in [0.2, 0.25) is 0 Å². The summed E-state index contributed by atoms with van der Waals surface area (Å²) >= 11 is 0. The Bertz CT molecular complexity index is 458. The fourth-order valence-corrected chi connectivity index (χ4v) is 3.74. The van der Waals surface area contributed by atoms with E-state index in [0.29, 0.717) is 45.5 Å². The van der Waals surface area contributed by atoms with E-state index >= 15 is 0 Å². The Labute approximate surface area is 201 Å². The number of rotatable bonds is 27. The summed E-state index contributed by atoms with van der Waals surface area (Å²) in [5.74, 6) is -0.584. The molecular weight excluding hydrogens is 422 g/mol. The van der Waals surface area contributed by atoms with E-state index < -0.39 is 5.97 Å². The highest BCUT2D eigenvalue weighted by Crippen LogP contribution is 2.14. The molecule has 1 amide bonds. The maximum Gasteiger partial charge on any atom is 0.303 e. The Morgan fingerprint density at radius 1 is 0.606 bits per heavy atom. The van der Waals surface area contributed by atoms with Gasteiger partial charge in [0, 0.05) is 19.4 Å². The van der Waals surface area contributed by atoms with Gasteiger partial charge in [-0.3, -0.25) is 9.59 Å². The van der Waals surface area contributed by atoms with Gasteiger partial charge in [-0.25, -0.2) is 0 Å². The fraction of sp³-hybridized carbons (Fsp3) is 0.885. The van der Waals surface area contributed by atoms with Crippen LogP contribution in [0.3, 0.4) is 0 Å². The second-order valence-corrected chi connectivity index (χ2v) is 8.75. The van der Waals surface area contributed by atoms with Crippen molar-refractivity contribution in [1.82, 2.24) is 5.32 Å². The molecule has 0 aromatic rings. The average Bonchev–Trinajstić information content (AvgIpc) is 2.79. The lowest BCUT2D eigenvalue weighted by Crippen LogP contribution is -2.27. The number of carbonyl (C=O) groups excluding carboxylic acids is 2. The lowest BCUT2D eigenvalue weighted by molar-refractivity contribution is -0.137. The molecule has 0 unspecified atom stereocenters. The number of nitrogens with one attached hydrogen (secondary N) is 1. The van der Waals surface area contributed by atoms with Crippen molar-refractivity contribution in [2.24, 2.45) is 0 Å². The van der Waals surface area contributed by atoms with Crippen LogP contribution in [-0.4, -0.2) is 56.2 Å². The van der Waals surface area contributed by atoms with Crippen LogP contribution in [-0.2, 0) is 23.9 Å². The molecule has 0 spiro atoms. The van der Waals surface area contributed by atoms with Gasteiger partial charge >= 0.3 is 5.97 Å². The third-order valence-corrected chi connectivity index (χ3v) is 5.67. The molecule has 33 heavy (non-hydrogen) atoms. The van der Waals surface area contributed by atoms with E-state index in [1.165, 1.54) is 77.0 Å². The van der Waals surface area contributed by atoms with Gasteiger partial charge in [-0.2, -0.15) is 0 Å². The van der Waals surface area contributed by atoms with Crippen molar-refractivity contribution in [2.45, 2.75) is 116 Å². The van der Waals surface area contributed by atoms with E-state index in [-0.39, 0.29) is 12.5 Å². The average molecular weight is 472 g/mol. The number of carbonyl (C=O) groups is 3. The zero-order valence-electron chi connectivity index (χ0n) is 20.8. The first-order chi connectivity index (χ1) is 16.2. The Morgan fingerprint density at radius 3 is 1.48 bits per heavy atom. The third kappa shape index (κ3) is 28.5. The van der Waals surface area contributed by atoms with Gasteiger partial charge in [0.2, 0.25) is 5.91 Å². The van der Waals surface area contributed by atoms with Gasteiger partial charge in [-0.15, -0.1) is 0 Å². The van der Waals surface area contributed by atoms with Crippen molar-refractivity contribution in [3.63, 3.8) is 0 Å². The van der Waals surface area contributed by atoms with Crippen LogP contribution in [0.25, 0.3) is 0 Å². The Balaban J connectivity index is 3.14. The van der Waals surface area contributed by atoms with E-state index in [9.17, 15) is 14.4 Å². The molecule has 0 aliphatic carbocycles. The van der Waals surface area contributed by atoms with E-state index in [1.807, 2.05) is 0 Å². The first-order valence-electron chi connectivity index (χ1n) is 13.2. The maximum absolute atomic E-state index is 11.8. The summed E-state index contributed by atoms with van der Waals surface area (Å²) in [5.41, 5.74) is 0. The number of amides is 1. The fourth-order valence-electron chi connectivity index (χ4n) is 3.74. The number of aliphatic carboxylic acids is 1. The van der Waals surface area contributed by atoms with E-state index in [1.54, 1.807) is 0 Å².